The number of hydrogen-bond donors (Lipinski definition) is 2. The minimum absolute atomic E-state index is 0.536. The molecule has 0 spiro atoms. The van der Waals surface area contributed by atoms with Crippen LogP contribution >= 0.6 is 15.9 Å². The topological polar surface area (TPSA) is 47.3 Å². The Kier molecular flexibility index (Phi) is 4.93. The SMILES string of the molecule is COCCNc1ccc(Br)cc1CN. The molecule has 0 aliphatic carbocycles. The van der Waals surface area contributed by atoms with Gasteiger partial charge in [-0.2, -0.15) is 0 Å². The molecule has 78 valence electrons. The molecule has 0 aliphatic rings. The van der Waals surface area contributed by atoms with Gasteiger partial charge in [-0.25, -0.2) is 0 Å². The van der Waals surface area contributed by atoms with Crippen LogP contribution in [0.3, 0.4) is 0 Å². The second-order valence-electron chi connectivity index (χ2n) is 2.93. The average molecular weight is 259 g/mol. The first kappa shape index (κ1) is 11.5. The summed E-state index contributed by atoms with van der Waals surface area (Å²) in [4.78, 5) is 0. The van der Waals surface area contributed by atoms with Crippen LogP contribution in [0.5, 0.6) is 0 Å². The molecule has 0 heterocycles. The Hall–Kier alpha value is -0.580. The summed E-state index contributed by atoms with van der Waals surface area (Å²) >= 11 is 3.41. The summed E-state index contributed by atoms with van der Waals surface area (Å²) in [7, 11) is 1.69. The number of anilines is 1. The first-order chi connectivity index (χ1) is 6.77. The van der Waals surface area contributed by atoms with E-state index in [0.717, 1.165) is 22.3 Å². The quantitative estimate of drug-likeness (QED) is 0.795. The van der Waals surface area contributed by atoms with Crippen molar-refractivity contribution >= 4 is 21.6 Å². The van der Waals surface area contributed by atoms with Crippen LogP contribution < -0.4 is 11.1 Å². The third kappa shape index (κ3) is 3.29. The molecule has 0 bridgehead atoms. The van der Waals surface area contributed by atoms with Gasteiger partial charge in [-0.1, -0.05) is 15.9 Å². The Morgan fingerprint density at radius 3 is 2.93 bits per heavy atom. The minimum atomic E-state index is 0.536. The van der Waals surface area contributed by atoms with Crippen LogP contribution in [0, 0.1) is 0 Å². The lowest BCUT2D eigenvalue weighted by Crippen LogP contribution is -2.10. The molecule has 0 atom stereocenters. The fourth-order valence-electron chi connectivity index (χ4n) is 1.19. The Labute approximate surface area is 92.8 Å². The van der Waals surface area contributed by atoms with Crippen LogP contribution in [0.15, 0.2) is 22.7 Å². The summed E-state index contributed by atoms with van der Waals surface area (Å²) in [5, 5.41) is 3.27. The third-order valence-electron chi connectivity index (χ3n) is 1.91. The zero-order chi connectivity index (χ0) is 10.4. The van der Waals surface area contributed by atoms with Crippen molar-refractivity contribution in [2.45, 2.75) is 6.54 Å². The summed E-state index contributed by atoms with van der Waals surface area (Å²) in [5.74, 6) is 0. The van der Waals surface area contributed by atoms with Crippen LogP contribution in [0.25, 0.3) is 0 Å². The number of benzene rings is 1. The largest absolute Gasteiger partial charge is 0.383 e. The Bertz CT molecular complexity index is 291. The van der Waals surface area contributed by atoms with Crippen molar-refractivity contribution in [2.75, 3.05) is 25.6 Å². The lowest BCUT2D eigenvalue weighted by molar-refractivity contribution is 0.211. The van der Waals surface area contributed by atoms with Crippen LogP contribution in [0.4, 0.5) is 5.69 Å². The summed E-state index contributed by atoms with van der Waals surface area (Å²) in [6, 6.07) is 6.03. The summed E-state index contributed by atoms with van der Waals surface area (Å²) in [5.41, 5.74) is 7.82. The van der Waals surface area contributed by atoms with Gasteiger partial charge in [0.1, 0.15) is 0 Å². The van der Waals surface area contributed by atoms with E-state index in [0.29, 0.717) is 13.2 Å². The number of ether oxygens (including phenoxy) is 1. The summed E-state index contributed by atoms with van der Waals surface area (Å²) in [6.45, 7) is 2.03. The predicted octanol–water partition coefficient (Wildman–Crippen LogP) is 1.97. The lowest BCUT2D eigenvalue weighted by Gasteiger charge is -2.10. The first-order valence-corrected chi connectivity index (χ1v) is 5.28. The molecule has 0 aromatic heterocycles. The predicted molar refractivity (Wildman–Crippen MR) is 62.4 cm³/mol. The molecule has 1 rings (SSSR count). The van der Waals surface area contributed by atoms with E-state index in [1.54, 1.807) is 7.11 Å². The summed E-state index contributed by atoms with van der Waals surface area (Å²) in [6.07, 6.45) is 0. The van der Waals surface area contributed by atoms with Gasteiger partial charge in [-0.15, -0.1) is 0 Å². The lowest BCUT2D eigenvalue weighted by atomic mass is 10.2. The van der Waals surface area contributed by atoms with Gasteiger partial charge in [0.15, 0.2) is 0 Å². The molecule has 14 heavy (non-hydrogen) atoms. The number of nitrogens with two attached hydrogens (primary N) is 1. The molecule has 0 radical (unpaired) electrons. The number of rotatable bonds is 5. The Morgan fingerprint density at radius 1 is 1.50 bits per heavy atom. The van der Waals surface area contributed by atoms with Gasteiger partial charge < -0.3 is 15.8 Å². The normalized spacial score (nSPS) is 10.2. The number of halogens is 1. The van der Waals surface area contributed by atoms with E-state index in [1.165, 1.54) is 0 Å². The fraction of sp³-hybridized carbons (Fsp3) is 0.400. The van der Waals surface area contributed by atoms with Gasteiger partial charge >= 0.3 is 0 Å². The standard InChI is InChI=1S/C10H15BrN2O/c1-14-5-4-13-10-3-2-9(11)6-8(10)7-12/h2-3,6,13H,4-5,7,12H2,1H3. The van der Waals surface area contributed by atoms with Crippen molar-refractivity contribution in [2.24, 2.45) is 5.73 Å². The average Bonchev–Trinajstić information content (AvgIpc) is 2.20. The smallest absolute Gasteiger partial charge is 0.0635 e. The second-order valence-corrected chi connectivity index (χ2v) is 3.84. The molecular formula is C10H15BrN2O. The van der Waals surface area contributed by atoms with E-state index in [4.69, 9.17) is 10.5 Å². The zero-order valence-electron chi connectivity index (χ0n) is 8.22. The molecule has 0 aliphatic heterocycles. The molecule has 3 N–H and O–H groups in total. The van der Waals surface area contributed by atoms with Gasteiger partial charge in [0.05, 0.1) is 6.61 Å². The maximum Gasteiger partial charge on any atom is 0.0635 e. The molecule has 3 nitrogen and oxygen atoms in total. The highest BCUT2D eigenvalue weighted by Crippen LogP contribution is 2.20. The summed E-state index contributed by atoms with van der Waals surface area (Å²) < 4.78 is 6.01. The maximum atomic E-state index is 5.63. The van der Waals surface area contributed by atoms with E-state index in [-0.39, 0.29) is 0 Å². The number of methoxy groups -OCH3 is 1. The molecule has 1 aromatic carbocycles. The van der Waals surface area contributed by atoms with Crippen LogP contribution in [0.1, 0.15) is 5.56 Å². The van der Waals surface area contributed by atoms with Gasteiger partial charge in [0.25, 0.3) is 0 Å². The van der Waals surface area contributed by atoms with Crippen molar-refractivity contribution in [3.05, 3.63) is 28.2 Å². The van der Waals surface area contributed by atoms with Crippen LogP contribution in [-0.4, -0.2) is 20.3 Å². The molecule has 0 saturated heterocycles. The van der Waals surface area contributed by atoms with E-state index >= 15 is 0 Å². The molecule has 0 fully saturated rings. The molecule has 4 heteroatoms. The highest BCUT2D eigenvalue weighted by molar-refractivity contribution is 9.10. The first-order valence-electron chi connectivity index (χ1n) is 4.49. The van der Waals surface area contributed by atoms with Gasteiger partial charge in [0, 0.05) is 30.4 Å². The second kappa shape index (κ2) is 6.01. The van der Waals surface area contributed by atoms with Crippen molar-refractivity contribution in [3.63, 3.8) is 0 Å². The highest BCUT2D eigenvalue weighted by Gasteiger charge is 2.00. The minimum Gasteiger partial charge on any atom is -0.383 e. The molecule has 1 aromatic rings. The Morgan fingerprint density at radius 2 is 2.29 bits per heavy atom. The fourth-order valence-corrected chi connectivity index (χ4v) is 1.60. The van der Waals surface area contributed by atoms with E-state index in [2.05, 4.69) is 21.2 Å². The maximum absolute atomic E-state index is 5.63. The molecular weight excluding hydrogens is 244 g/mol. The van der Waals surface area contributed by atoms with Gasteiger partial charge in [-0.05, 0) is 23.8 Å². The van der Waals surface area contributed by atoms with E-state index in [9.17, 15) is 0 Å². The monoisotopic (exact) mass is 258 g/mol. The molecule has 0 saturated carbocycles. The zero-order valence-corrected chi connectivity index (χ0v) is 9.80. The number of nitrogens with one attached hydrogen (secondary N) is 1. The van der Waals surface area contributed by atoms with Crippen LogP contribution in [-0.2, 0) is 11.3 Å². The Balaban J connectivity index is 2.65. The van der Waals surface area contributed by atoms with Gasteiger partial charge in [-0.3, -0.25) is 0 Å². The van der Waals surface area contributed by atoms with Gasteiger partial charge in [0.2, 0.25) is 0 Å². The van der Waals surface area contributed by atoms with Crippen molar-refractivity contribution in [1.29, 1.82) is 0 Å². The molecule has 0 unspecified atom stereocenters. The molecule has 0 amide bonds. The highest BCUT2D eigenvalue weighted by atomic mass is 79.9. The number of hydrogen-bond acceptors (Lipinski definition) is 3. The van der Waals surface area contributed by atoms with E-state index < -0.39 is 0 Å². The third-order valence-corrected chi connectivity index (χ3v) is 2.40. The van der Waals surface area contributed by atoms with Crippen LogP contribution in [0.2, 0.25) is 0 Å². The van der Waals surface area contributed by atoms with E-state index in [1.807, 2.05) is 18.2 Å². The van der Waals surface area contributed by atoms with Crippen molar-refractivity contribution in [3.8, 4) is 0 Å². The van der Waals surface area contributed by atoms with Crippen molar-refractivity contribution < 1.29 is 4.74 Å². The van der Waals surface area contributed by atoms with Crippen molar-refractivity contribution in [1.82, 2.24) is 0 Å².